The molecule has 3 heteroatoms. The fourth-order valence-corrected chi connectivity index (χ4v) is 4.09. The highest BCUT2D eigenvalue weighted by molar-refractivity contribution is 5.28. The molecule has 2 aliphatic rings. The first-order valence-corrected chi connectivity index (χ1v) is 8.43. The van der Waals surface area contributed by atoms with Crippen molar-refractivity contribution in [2.24, 2.45) is 11.7 Å². The van der Waals surface area contributed by atoms with Crippen LogP contribution < -0.4 is 5.73 Å². The van der Waals surface area contributed by atoms with Crippen molar-refractivity contribution in [3.63, 3.8) is 0 Å². The molecule has 3 nitrogen and oxygen atoms in total. The molecule has 0 amide bonds. The average Bonchev–Trinajstić information content (AvgIpc) is 2.76. The number of fused-ring (bicyclic) bond motifs is 1. The van der Waals surface area contributed by atoms with Crippen LogP contribution in [0, 0.1) is 5.92 Å². The van der Waals surface area contributed by atoms with Gasteiger partial charge >= 0.3 is 0 Å². The summed E-state index contributed by atoms with van der Waals surface area (Å²) in [6.07, 6.45) is 6.55. The largest absolute Gasteiger partial charge is 0.388 e. The van der Waals surface area contributed by atoms with Gasteiger partial charge in [0.15, 0.2) is 0 Å². The molecule has 0 radical (unpaired) electrons. The Morgan fingerprint density at radius 1 is 1.19 bits per heavy atom. The second kappa shape index (κ2) is 6.47. The molecule has 0 bridgehead atoms. The summed E-state index contributed by atoms with van der Waals surface area (Å²) in [5.74, 6) is 0.396. The van der Waals surface area contributed by atoms with E-state index in [0.29, 0.717) is 12.5 Å². The molecule has 1 aromatic carbocycles. The first-order chi connectivity index (χ1) is 10.2. The Morgan fingerprint density at radius 3 is 2.48 bits per heavy atom. The van der Waals surface area contributed by atoms with Gasteiger partial charge in [0.05, 0.1) is 5.60 Å². The molecule has 1 saturated carbocycles. The molecule has 116 valence electrons. The zero-order valence-corrected chi connectivity index (χ0v) is 12.9. The van der Waals surface area contributed by atoms with Crippen LogP contribution in [0.4, 0.5) is 0 Å². The Labute approximate surface area is 128 Å². The van der Waals surface area contributed by atoms with Gasteiger partial charge in [-0.15, -0.1) is 0 Å². The van der Waals surface area contributed by atoms with Gasteiger partial charge in [-0.25, -0.2) is 0 Å². The minimum atomic E-state index is -0.588. The summed E-state index contributed by atoms with van der Waals surface area (Å²) in [7, 11) is 0. The van der Waals surface area contributed by atoms with E-state index in [9.17, 15) is 5.11 Å². The highest BCUT2D eigenvalue weighted by Crippen LogP contribution is 2.37. The minimum Gasteiger partial charge on any atom is -0.388 e. The average molecular weight is 288 g/mol. The van der Waals surface area contributed by atoms with Crippen LogP contribution in [0.15, 0.2) is 24.3 Å². The number of rotatable bonds is 4. The highest BCUT2D eigenvalue weighted by atomic mass is 16.3. The van der Waals surface area contributed by atoms with Crippen molar-refractivity contribution < 1.29 is 5.11 Å². The Kier molecular flexibility index (Phi) is 4.63. The maximum Gasteiger partial charge on any atom is 0.0797 e. The number of benzene rings is 1. The van der Waals surface area contributed by atoms with Crippen molar-refractivity contribution in [1.29, 1.82) is 0 Å². The van der Waals surface area contributed by atoms with Crippen molar-refractivity contribution >= 4 is 0 Å². The van der Waals surface area contributed by atoms with Crippen LogP contribution in [0.5, 0.6) is 0 Å². The Hall–Kier alpha value is -0.900. The molecule has 0 spiro atoms. The Bertz CT molecular complexity index is 449. The molecule has 21 heavy (non-hydrogen) atoms. The summed E-state index contributed by atoms with van der Waals surface area (Å²) < 4.78 is 0. The van der Waals surface area contributed by atoms with E-state index in [0.717, 1.165) is 58.2 Å². The van der Waals surface area contributed by atoms with Gasteiger partial charge in [-0.3, -0.25) is 0 Å². The van der Waals surface area contributed by atoms with E-state index >= 15 is 0 Å². The molecule has 1 aliphatic heterocycles. The lowest BCUT2D eigenvalue weighted by atomic mass is 9.88. The topological polar surface area (TPSA) is 49.5 Å². The van der Waals surface area contributed by atoms with Gasteiger partial charge in [0, 0.05) is 19.6 Å². The first kappa shape index (κ1) is 15.0. The van der Waals surface area contributed by atoms with Gasteiger partial charge in [0.25, 0.3) is 0 Å². The van der Waals surface area contributed by atoms with Gasteiger partial charge in [0.2, 0.25) is 0 Å². The van der Waals surface area contributed by atoms with Gasteiger partial charge in [-0.1, -0.05) is 30.7 Å². The van der Waals surface area contributed by atoms with Crippen molar-refractivity contribution in [1.82, 2.24) is 4.90 Å². The van der Waals surface area contributed by atoms with Gasteiger partial charge in [-0.05, 0) is 55.7 Å². The zero-order valence-electron chi connectivity index (χ0n) is 12.9. The van der Waals surface area contributed by atoms with Crippen LogP contribution in [0.25, 0.3) is 0 Å². The number of hydrogen-bond acceptors (Lipinski definition) is 3. The van der Waals surface area contributed by atoms with Crippen molar-refractivity contribution in [2.45, 2.75) is 44.1 Å². The van der Waals surface area contributed by atoms with E-state index < -0.39 is 5.60 Å². The summed E-state index contributed by atoms with van der Waals surface area (Å²) >= 11 is 0. The molecule has 1 heterocycles. The number of hydrogen-bond donors (Lipinski definition) is 2. The van der Waals surface area contributed by atoms with Gasteiger partial charge < -0.3 is 15.7 Å². The molecule has 1 aromatic rings. The van der Waals surface area contributed by atoms with Crippen molar-refractivity contribution in [2.75, 3.05) is 26.2 Å². The monoisotopic (exact) mass is 288 g/mol. The maximum atomic E-state index is 10.5. The number of aliphatic hydroxyl groups is 1. The second-order valence-electron chi connectivity index (χ2n) is 6.80. The van der Waals surface area contributed by atoms with Crippen LogP contribution in [0.2, 0.25) is 0 Å². The molecule has 0 saturated heterocycles. The smallest absolute Gasteiger partial charge is 0.0797 e. The quantitative estimate of drug-likeness (QED) is 0.890. The summed E-state index contributed by atoms with van der Waals surface area (Å²) in [5, 5.41) is 10.5. The molecule has 3 rings (SSSR count). The van der Waals surface area contributed by atoms with Crippen LogP contribution in [0.1, 0.15) is 36.8 Å². The van der Waals surface area contributed by atoms with E-state index in [4.69, 9.17) is 5.73 Å². The Morgan fingerprint density at radius 2 is 1.86 bits per heavy atom. The SMILES string of the molecule is NCC1(O)CCCC1CCN1CCc2ccccc2CC1. The third-order valence-corrected chi connectivity index (χ3v) is 5.58. The molecule has 2 atom stereocenters. The summed E-state index contributed by atoms with van der Waals surface area (Å²) in [4.78, 5) is 2.56. The standard InChI is InChI=1S/C18H28N2O/c19-14-18(21)10-3-6-17(18)9-13-20-11-7-15-4-1-2-5-16(15)8-12-20/h1-2,4-5,17,21H,3,6-14,19H2. The normalized spacial score (nSPS) is 30.1. The molecule has 1 aliphatic carbocycles. The van der Waals surface area contributed by atoms with Crippen LogP contribution >= 0.6 is 0 Å². The predicted molar refractivity (Wildman–Crippen MR) is 86.3 cm³/mol. The lowest BCUT2D eigenvalue weighted by molar-refractivity contribution is 0.00469. The van der Waals surface area contributed by atoms with E-state index in [1.54, 1.807) is 0 Å². The molecule has 3 N–H and O–H groups in total. The predicted octanol–water partition coefficient (Wildman–Crippen LogP) is 1.97. The summed E-state index contributed by atoms with van der Waals surface area (Å²) in [6.45, 7) is 3.81. The van der Waals surface area contributed by atoms with E-state index in [1.165, 1.54) is 11.1 Å². The highest BCUT2D eigenvalue weighted by Gasteiger charge is 2.39. The van der Waals surface area contributed by atoms with Crippen LogP contribution in [-0.4, -0.2) is 41.8 Å². The molecular weight excluding hydrogens is 260 g/mol. The van der Waals surface area contributed by atoms with Gasteiger partial charge in [0.1, 0.15) is 0 Å². The minimum absolute atomic E-state index is 0.396. The van der Waals surface area contributed by atoms with Crippen LogP contribution in [-0.2, 0) is 12.8 Å². The summed E-state index contributed by atoms with van der Waals surface area (Å²) in [6, 6.07) is 8.83. The zero-order chi connectivity index (χ0) is 14.7. The summed E-state index contributed by atoms with van der Waals surface area (Å²) in [5.41, 5.74) is 8.22. The lowest BCUT2D eigenvalue weighted by Gasteiger charge is -2.30. The van der Waals surface area contributed by atoms with Crippen molar-refractivity contribution in [3.05, 3.63) is 35.4 Å². The first-order valence-electron chi connectivity index (χ1n) is 8.43. The number of nitrogens with zero attached hydrogens (tertiary/aromatic N) is 1. The second-order valence-corrected chi connectivity index (χ2v) is 6.80. The Balaban J connectivity index is 1.53. The van der Waals surface area contributed by atoms with Crippen molar-refractivity contribution in [3.8, 4) is 0 Å². The van der Waals surface area contributed by atoms with E-state index in [1.807, 2.05) is 0 Å². The van der Waals surface area contributed by atoms with Crippen LogP contribution in [0.3, 0.4) is 0 Å². The fourth-order valence-electron chi connectivity index (χ4n) is 4.09. The van der Waals surface area contributed by atoms with Gasteiger partial charge in [-0.2, -0.15) is 0 Å². The molecule has 2 unspecified atom stereocenters. The third-order valence-electron chi connectivity index (χ3n) is 5.58. The fraction of sp³-hybridized carbons (Fsp3) is 0.667. The molecule has 1 fully saturated rings. The lowest BCUT2D eigenvalue weighted by Crippen LogP contribution is -2.42. The maximum absolute atomic E-state index is 10.5. The van der Waals surface area contributed by atoms with E-state index in [-0.39, 0.29) is 0 Å². The number of nitrogens with two attached hydrogens (primary N) is 1. The van der Waals surface area contributed by atoms with E-state index in [2.05, 4.69) is 29.2 Å². The molecular formula is C18H28N2O. The third kappa shape index (κ3) is 3.31. The molecule has 0 aromatic heterocycles.